The average molecular weight is 401 g/mol. The van der Waals surface area contributed by atoms with Crippen LogP contribution in [0.5, 0.6) is 5.75 Å². The number of rotatable bonds is 5. The SMILES string of the molecule is COc1ccc(S(=O)(=O)N2CCN(Cc3nc4ccccc4[nH]3)CC2)cc1C. The minimum Gasteiger partial charge on any atom is -0.496 e. The largest absolute Gasteiger partial charge is 0.496 e. The van der Waals surface area contributed by atoms with Crippen LogP contribution in [0.2, 0.25) is 0 Å². The third-order valence-electron chi connectivity index (χ3n) is 5.15. The second kappa shape index (κ2) is 7.54. The second-order valence-electron chi connectivity index (χ2n) is 7.01. The molecule has 148 valence electrons. The number of hydrogen-bond acceptors (Lipinski definition) is 5. The maximum Gasteiger partial charge on any atom is 0.243 e. The zero-order chi connectivity index (χ0) is 19.7. The molecule has 0 spiro atoms. The summed E-state index contributed by atoms with van der Waals surface area (Å²) in [5, 5.41) is 0. The number of para-hydroxylation sites is 2. The molecule has 0 unspecified atom stereocenters. The fourth-order valence-corrected chi connectivity index (χ4v) is 5.09. The van der Waals surface area contributed by atoms with Gasteiger partial charge in [0.25, 0.3) is 0 Å². The maximum atomic E-state index is 13.0. The molecule has 4 rings (SSSR count). The van der Waals surface area contributed by atoms with E-state index in [-0.39, 0.29) is 0 Å². The van der Waals surface area contributed by atoms with Gasteiger partial charge in [0.05, 0.1) is 29.6 Å². The third kappa shape index (κ3) is 3.63. The minimum absolute atomic E-state index is 0.316. The monoisotopic (exact) mass is 400 g/mol. The first-order valence-corrected chi connectivity index (χ1v) is 10.7. The fraction of sp³-hybridized carbons (Fsp3) is 0.350. The summed E-state index contributed by atoms with van der Waals surface area (Å²) in [5.74, 6) is 1.60. The van der Waals surface area contributed by atoms with Crippen LogP contribution in [0.25, 0.3) is 11.0 Å². The van der Waals surface area contributed by atoms with E-state index in [1.54, 1.807) is 29.6 Å². The van der Waals surface area contributed by atoms with Crippen molar-refractivity contribution in [1.82, 2.24) is 19.2 Å². The highest BCUT2D eigenvalue weighted by atomic mass is 32.2. The lowest BCUT2D eigenvalue weighted by atomic mass is 10.2. The zero-order valence-electron chi connectivity index (χ0n) is 16.1. The highest BCUT2D eigenvalue weighted by Crippen LogP contribution is 2.24. The molecule has 1 saturated heterocycles. The predicted octanol–water partition coefficient (Wildman–Crippen LogP) is 2.39. The first kappa shape index (κ1) is 18.9. The number of sulfonamides is 1. The lowest BCUT2D eigenvalue weighted by Gasteiger charge is -2.33. The van der Waals surface area contributed by atoms with Gasteiger partial charge in [0, 0.05) is 26.2 Å². The molecule has 7 nitrogen and oxygen atoms in total. The van der Waals surface area contributed by atoms with Crippen molar-refractivity contribution in [2.75, 3.05) is 33.3 Å². The Labute approximate surface area is 165 Å². The van der Waals surface area contributed by atoms with Crippen molar-refractivity contribution in [2.24, 2.45) is 0 Å². The zero-order valence-corrected chi connectivity index (χ0v) is 16.9. The number of methoxy groups -OCH3 is 1. The number of aromatic amines is 1. The molecular weight excluding hydrogens is 376 g/mol. The highest BCUT2D eigenvalue weighted by molar-refractivity contribution is 7.89. The molecule has 0 bridgehead atoms. The summed E-state index contributed by atoms with van der Waals surface area (Å²) in [6, 6.07) is 12.9. The number of hydrogen-bond donors (Lipinski definition) is 1. The van der Waals surface area contributed by atoms with Crippen molar-refractivity contribution in [3.8, 4) is 5.75 Å². The molecule has 1 fully saturated rings. The van der Waals surface area contributed by atoms with Crippen LogP contribution in [0.1, 0.15) is 11.4 Å². The van der Waals surface area contributed by atoms with Crippen LogP contribution in [-0.4, -0.2) is 60.9 Å². The predicted molar refractivity (Wildman–Crippen MR) is 108 cm³/mol. The summed E-state index contributed by atoms with van der Waals surface area (Å²) in [4.78, 5) is 10.5. The molecule has 0 aliphatic carbocycles. The quantitative estimate of drug-likeness (QED) is 0.711. The van der Waals surface area contributed by atoms with Gasteiger partial charge in [-0.1, -0.05) is 12.1 Å². The molecule has 1 aromatic heterocycles. The number of nitrogens with zero attached hydrogens (tertiary/aromatic N) is 3. The molecule has 1 aliphatic rings. The first-order chi connectivity index (χ1) is 13.5. The van der Waals surface area contributed by atoms with Crippen molar-refractivity contribution in [3.05, 3.63) is 53.9 Å². The van der Waals surface area contributed by atoms with E-state index in [2.05, 4.69) is 14.9 Å². The summed E-state index contributed by atoms with van der Waals surface area (Å²) in [6.07, 6.45) is 0. The van der Waals surface area contributed by atoms with Crippen LogP contribution in [0.15, 0.2) is 47.4 Å². The normalized spacial score (nSPS) is 16.5. The number of H-pyrrole nitrogens is 1. The smallest absolute Gasteiger partial charge is 0.243 e. The maximum absolute atomic E-state index is 13.0. The Morgan fingerprint density at radius 1 is 1.11 bits per heavy atom. The summed E-state index contributed by atoms with van der Waals surface area (Å²) in [7, 11) is -1.92. The van der Waals surface area contributed by atoms with Crippen molar-refractivity contribution in [2.45, 2.75) is 18.4 Å². The van der Waals surface area contributed by atoms with E-state index in [0.717, 1.165) is 22.4 Å². The topological polar surface area (TPSA) is 78.5 Å². The van der Waals surface area contributed by atoms with Gasteiger partial charge in [-0.3, -0.25) is 4.90 Å². The molecular formula is C20H24N4O3S. The Kier molecular flexibility index (Phi) is 5.09. The summed E-state index contributed by atoms with van der Waals surface area (Å²) >= 11 is 0. The van der Waals surface area contributed by atoms with E-state index < -0.39 is 10.0 Å². The van der Waals surface area contributed by atoms with Gasteiger partial charge in [-0.2, -0.15) is 4.31 Å². The van der Waals surface area contributed by atoms with Gasteiger partial charge < -0.3 is 9.72 Å². The lowest BCUT2D eigenvalue weighted by Crippen LogP contribution is -2.48. The number of nitrogens with one attached hydrogen (secondary N) is 1. The van der Waals surface area contributed by atoms with Gasteiger partial charge in [-0.15, -0.1) is 0 Å². The van der Waals surface area contributed by atoms with E-state index in [1.165, 1.54) is 0 Å². The number of aromatic nitrogens is 2. The second-order valence-corrected chi connectivity index (χ2v) is 8.95. The Morgan fingerprint density at radius 2 is 1.86 bits per heavy atom. The third-order valence-corrected chi connectivity index (χ3v) is 7.04. The van der Waals surface area contributed by atoms with Crippen LogP contribution in [0, 0.1) is 6.92 Å². The first-order valence-electron chi connectivity index (χ1n) is 9.28. The number of ether oxygens (including phenoxy) is 1. The molecule has 2 heterocycles. The van der Waals surface area contributed by atoms with Crippen molar-refractivity contribution >= 4 is 21.1 Å². The van der Waals surface area contributed by atoms with Crippen LogP contribution in [0.3, 0.4) is 0 Å². The van der Waals surface area contributed by atoms with E-state index in [9.17, 15) is 8.42 Å². The molecule has 0 saturated carbocycles. The van der Waals surface area contributed by atoms with Gasteiger partial charge in [-0.05, 0) is 42.8 Å². The summed E-state index contributed by atoms with van der Waals surface area (Å²) in [5.41, 5.74) is 2.79. The molecule has 8 heteroatoms. The standard InChI is InChI=1S/C20H24N4O3S/c1-15-13-16(7-8-19(15)27-2)28(25,26)24-11-9-23(10-12-24)14-20-21-17-5-3-4-6-18(17)22-20/h3-8,13H,9-12,14H2,1-2H3,(H,21,22). The van der Waals surface area contributed by atoms with Gasteiger partial charge in [-0.25, -0.2) is 13.4 Å². The van der Waals surface area contributed by atoms with E-state index >= 15 is 0 Å². The van der Waals surface area contributed by atoms with E-state index in [4.69, 9.17) is 4.74 Å². The van der Waals surface area contributed by atoms with Crippen molar-refractivity contribution in [1.29, 1.82) is 0 Å². The van der Waals surface area contributed by atoms with Gasteiger partial charge in [0.15, 0.2) is 0 Å². The molecule has 0 atom stereocenters. The molecule has 0 amide bonds. The van der Waals surface area contributed by atoms with E-state index in [0.29, 0.717) is 43.4 Å². The number of benzene rings is 2. The molecule has 28 heavy (non-hydrogen) atoms. The number of fused-ring (bicyclic) bond motifs is 1. The molecule has 3 aromatic rings. The van der Waals surface area contributed by atoms with Crippen LogP contribution >= 0.6 is 0 Å². The van der Waals surface area contributed by atoms with E-state index in [1.807, 2.05) is 31.2 Å². The molecule has 2 aromatic carbocycles. The van der Waals surface area contributed by atoms with Crippen LogP contribution in [-0.2, 0) is 16.6 Å². The van der Waals surface area contributed by atoms with Crippen LogP contribution < -0.4 is 4.74 Å². The van der Waals surface area contributed by atoms with Gasteiger partial charge >= 0.3 is 0 Å². The van der Waals surface area contributed by atoms with Gasteiger partial charge in [0.2, 0.25) is 10.0 Å². The Morgan fingerprint density at radius 3 is 2.54 bits per heavy atom. The number of imidazole rings is 1. The minimum atomic E-state index is -3.50. The van der Waals surface area contributed by atoms with Gasteiger partial charge in [0.1, 0.15) is 11.6 Å². The Bertz CT molecular complexity index is 1050. The fourth-order valence-electron chi connectivity index (χ4n) is 3.58. The Balaban J connectivity index is 1.42. The van der Waals surface area contributed by atoms with Crippen molar-refractivity contribution in [3.63, 3.8) is 0 Å². The van der Waals surface area contributed by atoms with Crippen LogP contribution in [0.4, 0.5) is 0 Å². The van der Waals surface area contributed by atoms with Crippen molar-refractivity contribution < 1.29 is 13.2 Å². The number of aryl methyl sites for hydroxylation is 1. The molecule has 1 N–H and O–H groups in total. The molecule has 1 aliphatic heterocycles. The summed E-state index contributed by atoms with van der Waals surface area (Å²) in [6.45, 7) is 4.81. The number of piperazine rings is 1. The molecule has 0 radical (unpaired) electrons. The summed E-state index contributed by atoms with van der Waals surface area (Å²) < 4.78 is 32.7. The average Bonchev–Trinajstić information content (AvgIpc) is 3.10. The highest BCUT2D eigenvalue weighted by Gasteiger charge is 2.29. The lowest BCUT2D eigenvalue weighted by molar-refractivity contribution is 0.178. The Hall–Kier alpha value is -2.42.